The van der Waals surface area contributed by atoms with Gasteiger partial charge in [-0.05, 0) is 61.1 Å². The van der Waals surface area contributed by atoms with Gasteiger partial charge in [-0.15, -0.1) is 0 Å². The van der Waals surface area contributed by atoms with Gasteiger partial charge in [0.2, 0.25) is 0 Å². The van der Waals surface area contributed by atoms with Crippen LogP contribution in [0.25, 0.3) is 0 Å². The van der Waals surface area contributed by atoms with Crippen LogP contribution in [-0.2, 0) is 11.0 Å². The molecule has 2 unspecified atom stereocenters. The normalized spacial score (nSPS) is 27.2. The minimum absolute atomic E-state index is 0.285. The Kier molecular flexibility index (Phi) is 4.60. The molecule has 0 bridgehead atoms. The van der Waals surface area contributed by atoms with Gasteiger partial charge in [0, 0.05) is 12.1 Å². The van der Waals surface area contributed by atoms with Gasteiger partial charge < -0.3 is 9.16 Å². The Hall–Kier alpha value is -0.843. The number of methoxy groups -OCH3 is 1. The largest absolute Gasteiger partial charge is 0.497 e. The summed E-state index contributed by atoms with van der Waals surface area (Å²) in [5.41, 5.74) is 1.69. The second kappa shape index (κ2) is 6.15. The SMILES string of the molecule is COc1ccc(CN2CCC3CC32CO[Si](C)(C)C(C)(C)C)cc1. The summed E-state index contributed by atoms with van der Waals surface area (Å²) in [6.07, 6.45) is 2.65. The second-order valence-electron chi connectivity index (χ2n) is 9.11. The molecule has 1 saturated carbocycles. The predicted molar refractivity (Wildman–Crippen MR) is 102 cm³/mol. The summed E-state index contributed by atoms with van der Waals surface area (Å²) in [5, 5.41) is 0.285. The highest BCUT2D eigenvalue weighted by molar-refractivity contribution is 6.74. The molecule has 0 amide bonds. The second-order valence-corrected chi connectivity index (χ2v) is 13.9. The van der Waals surface area contributed by atoms with Crippen molar-refractivity contribution in [3.63, 3.8) is 0 Å². The third-order valence-electron chi connectivity index (χ3n) is 6.60. The third kappa shape index (κ3) is 3.28. The molecule has 3 rings (SSSR count). The molecule has 1 heterocycles. The average molecular weight is 348 g/mol. The number of likely N-dealkylation sites (tertiary alicyclic amines) is 1. The first-order valence-electron chi connectivity index (χ1n) is 9.20. The van der Waals surface area contributed by atoms with Gasteiger partial charge in [-0.3, -0.25) is 4.90 Å². The first-order chi connectivity index (χ1) is 11.2. The maximum atomic E-state index is 6.60. The molecule has 0 spiro atoms. The summed E-state index contributed by atoms with van der Waals surface area (Å²) in [5.74, 6) is 1.78. The van der Waals surface area contributed by atoms with Crippen LogP contribution in [0.5, 0.6) is 5.75 Å². The van der Waals surface area contributed by atoms with Crippen molar-refractivity contribution in [2.45, 2.75) is 63.8 Å². The van der Waals surface area contributed by atoms with Crippen molar-refractivity contribution in [1.82, 2.24) is 4.90 Å². The Bertz CT molecular complexity index is 578. The van der Waals surface area contributed by atoms with Crippen LogP contribution >= 0.6 is 0 Å². The molecule has 3 nitrogen and oxygen atoms in total. The summed E-state index contributed by atoms with van der Waals surface area (Å²) in [4.78, 5) is 2.67. The highest BCUT2D eigenvalue weighted by Crippen LogP contribution is 2.56. The number of hydrogen-bond acceptors (Lipinski definition) is 3. The van der Waals surface area contributed by atoms with Crippen LogP contribution in [0.15, 0.2) is 24.3 Å². The highest BCUT2D eigenvalue weighted by Gasteiger charge is 2.62. The summed E-state index contributed by atoms with van der Waals surface area (Å²) in [6.45, 7) is 14.9. The number of fused-ring (bicyclic) bond motifs is 1. The molecule has 0 aromatic heterocycles. The molecule has 1 aromatic carbocycles. The summed E-state index contributed by atoms with van der Waals surface area (Å²) in [6, 6.07) is 8.51. The Balaban J connectivity index is 1.64. The zero-order chi connectivity index (χ0) is 17.6. The van der Waals surface area contributed by atoms with Crippen LogP contribution in [-0.4, -0.2) is 39.0 Å². The molecule has 1 saturated heterocycles. The molecule has 134 valence electrons. The summed E-state index contributed by atoms with van der Waals surface area (Å²) in [7, 11) is 0.0497. The number of nitrogens with zero attached hydrogens (tertiary/aromatic N) is 1. The van der Waals surface area contributed by atoms with Gasteiger partial charge in [0.1, 0.15) is 5.75 Å². The van der Waals surface area contributed by atoms with Crippen molar-refractivity contribution in [1.29, 1.82) is 0 Å². The van der Waals surface area contributed by atoms with Gasteiger partial charge in [0.05, 0.1) is 13.7 Å². The van der Waals surface area contributed by atoms with Gasteiger partial charge in [0.15, 0.2) is 8.32 Å². The number of benzene rings is 1. The topological polar surface area (TPSA) is 21.7 Å². The van der Waals surface area contributed by atoms with Crippen molar-refractivity contribution in [2.75, 3.05) is 20.3 Å². The number of ether oxygens (including phenoxy) is 1. The van der Waals surface area contributed by atoms with Crippen molar-refractivity contribution in [3.05, 3.63) is 29.8 Å². The summed E-state index contributed by atoms with van der Waals surface area (Å²) >= 11 is 0. The smallest absolute Gasteiger partial charge is 0.192 e. The van der Waals surface area contributed by atoms with Crippen LogP contribution in [0.2, 0.25) is 18.1 Å². The van der Waals surface area contributed by atoms with E-state index in [0.29, 0.717) is 5.54 Å². The van der Waals surface area contributed by atoms with Crippen LogP contribution in [0, 0.1) is 5.92 Å². The minimum atomic E-state index is -1.67. The number of rotatable bonds is 6. The van der Waals surface area contributed by atoms with E-state index in [1.165, 1.54) is 24.9 Å². The van der Waals surface area contributed by atoms with E-state index in [1.807, 2.05) is 0 Å². The van der Waals surface area contributed by atoms with Crippen LogP contribution in [0.3, 0.4) is 0 Å². The molecule has 0 N–H and O–H groups in total. The third-order valence-corrected chi connectivity index (χ3v) is 11.1. The van der Waals surface area contributed by atoms with E-state index in [4.69, 9.17) is 9.16 Å². The number of hydrogen-bond donors (Lipinski definition) is 0. The quantitative estimate of drug-likeness (QED) is 0.697. The van der Waals surface area contributed by atoms with E-state index >= 15 is 0 Å². The van der Waals surface area contributed by atoms with Crippen LogP contribution < -0.4 is 4.74 Å². The standard InChI is InChI=1S/C20H33NO2Si/c1-19(2,3)24(5,6)23-15-20-13-17(20)11-12-21(20)14-16-7-9-18(22-4)10-8-16/h7-10,17H,11-15H2,1-6H3. The maximum Gasteiger partial charge on any atom is 0.192 e. The molecule has 1 aliphatic carbocycles. The van der Waals surface area contributed by atoms with E-state index < -0.39 is 8.32 Å². The molecule has 1 aliphatic heterocycles. The fourth-order valence-electron chi connectivity index (χ4n) is 3.64. The Labute approximate surface area is 148 Å². The minimum Gasteiger partial charge on any atom is -0.497 e. The van der Waals surface area contributed by atoms with Gasteiger partial charge >= 0.3 is 0 Å². The van der Waals surface area contributed by atoms with Crippen LogP contribution in [0.1, 0.15) is 39.2 Å². The lowest BCUT2D eigenvalue weighted by Crippen LogP contribution is -2.46. The van der Waals surface area contributed by atoms with Gasteiger partial charge in [-0.2, -0.15) is 0 Å². The fourth-order valence-corrected chi connectivity index (χ4v) is 4.68. The monoisotopic (exact) mass is 347 g/mol. The Morgan fingerprint density at radius 1 is 1.21 bits per heavy atom. The van der Waals surface area contributed by atoms with Crippen molar-refractivity contribution < 1.29 is 9.16 Å². The van der Waals surface area contributed by atoms with E-state index in [-0.39, 0.29) is 5.04 Å². The lowest BCUT2D eigenvalue weighted by molar-refractivity contribution is 0.123. The Morgan fingerprint density at radius 2 is 1.88 bits per heavy atom. The molecular weight excluding hydrogens is 314 g/mol. The first kappa shape index (κ1) is 18.0. The molecule has 2 atom stereocenters. The maximum absolute atomic E-state index is 6.60. The van der Waals surface area contributed by atoms with Crippen molar-refractivity contribution in [3.8, 4) is 5.75 Å². The molecule has 2 aliphatic rings. The number of piperidine rings is 1. The van der Waals surface area contributed by atoms with E-state index in [2.05, 4.69) is 63.0 Å². The highest BCUT2D eigenvalue weighted by atomic mass is 28.4. The van der Waals surface area contributed by atoms with Crippen molar-refractivity contribution >= 4 is 8.32 Å². The fraction of sp³-hybridized carbons (Fsp3) is 0.700. The predicted octanol–water partition coefficient (Wildman–Crippen LogP) is 4.68. The van der Waals surface area contributed by atoms with Gasteiger partial charge in [0.25, 0.3) is 0 Å². The first-order valence-corrected chi connectivity index (χ1v) is 12.1. The van der Waals surface area contributed by atoms with Crippen molar-refractivity contribution in [2.24, 2.45) is 5.92 Å². The average Bonchev–Trinajstić information content (AvgIpc) is 3.15. The zero-order valence-electron chi connectivity index (χ0n) is 16.2. The zero-order valence-corrected chi connectivity index (χ0v) is 17.2. The van der Waals surface area contributed by atoms with Gasteiger partial charge in [-0.1, -0.05) is 32.9 Å². The van der Waals surface area contributed by atoms with E-state index in [9.17, 15) is 0 Å². The molecular formula is C20H33NO2Si. The summed E-state index contributed by atoms with van der Waals surface area (Å²) < 4.78 is 11.9. The van der Waals surface area contributed by atoms with Gasteiger partial charge in [-0.25, -0.2) is 0 Å². The van der Waals surface area contributed by atoms with E-state index in [0.717, 1.165) is 24.8 Å². The lowest BCUT2D eigenvalue weighted by atomic mass is 10.1. The Morgan fingerprint density at radius 3 is 2.42 bits per heavy atom. The molecule has 0 radical (unpaired) electrons. The van der Waals surface area contributed by atoms with E-state index in [1.54, 1.807) is 7.11 Å². The molecule has 4 heteroatoms. The molecule has 24 heavy (non-hydrogen) atoms. The lowest BCUT2D eigenvalue weighted by Gasteiger charge is -2.39. The van der Waals surface area contributed by atoms with Crippen LogP contribution in [0.4, 0.5) is 0 Å². The molecule has 2 fully saturated rings. The molecule has 1 aromatic rings.